The van der Waals surface area contributed by atoms with Crippen LogP contribution in [-0.2, 0) is 0 Å². The minimum Gasteiger partial charge on any atom is -0.494 e. The number of anilines is 1. The molecule has 2 aromatic heterocycles. The van der Waals surface area contributed by atoms with Crippen LogP contribution in [0.2, 0.25) is 10.0 Å². The average molecular weight is 469 g/mol. The van der Waals surface area contributed by atoms with E-state index in [0.717, 1.165) is 24.2 Å². The average Bonchev–Trinajstić information content (AvgIpc) is 3.24. The molecule has 1 unspecified atom stereocenters. The van der Waals surface area contributed by atoms with Crippen LogP contribution in [-0.4, -0.2) is 28.0 Å². The molecule has 2 N–H and O–H groups in total. The SMILES string of the molecule is CCCC(c1ccccc1)c1nc2c(OC)ccc(C(=O)Nc3c(Cl)cncc3Cl)c2[nH]1. The Labute approximate surface area is 195 Å². The van der Waals surface area contributed by atoms with Crippen molar-refractivity contribution < 1.29 is 9.53 Å². The maximum absolute atomic E-state index is 13.2. The van der Waals surface area contributed by atoms with Crippen LogP contribution in [0.5, 0.6) is 5.75 Å². The Morgan fingerprint density at radius 1 is 1.12 bits per heavy atom. The number of aromatic nitrogens is 3. The summed E-state index contributed by atoms with van der Waals surface area (Å²) in [5.74, 6) is 1.07. The van der Waals surface area contributed by atoms with E-state index in [1.807, 2.05) is 18.2 Å². The molecule has 164 valence electrons. The van der Waals surface area contributed by atoms with Crippen molar-refractivity contribution in [1.29, 1.82) is 0 Å². The normalized spacial score (nSPS) is 12.0. The fourth-order valence-corrected chi connectivity index (χ4v) is 4.21. The zero-order chi connectivity index (χ0) is 22.7. The third kappa shape index (κ3) is 4.29. The van der Waals surface area contributed by atoms with Crippen molar-refractivity contribution in [2.45, 2.75) is 25.7 Å². The Bertz CT molecular complexity index is 1240. The van der Waals surface area contributed by atoms with Crippen molar-refractivity contribution in [3.63, 3.8) is 0 Å². The van der Waals surface area contributed by atoms with Crippen LogP contribution < -0.4 is 10.1 Å². The van der Waals surface area contributed by atoms with Gasteiger partial charge in [0.2, 0.25) is 0 Å². The van der Waals surface area contributed by atoms with Gasteiger partial charge in [-0.3, -0.25) is 9.78 Å². The molecule has 0 bridgehead atoms. The predicted molar refractivity (Wildman–Crippen MR) is 128 cm³/mol. The third-order valence-electron chi connectivity index (χ3n) is 5.29. The van der Waals surface area contributed by atoms with E-state index >= 15 is 0 Å². The Hall–Kier alpha value is -3.09. The summed E-state index contributed by atoms with van der Waals surface area (Å²) in [5.41, 5.74) is 3.07. The molecule has 2 aromatic carbocycles. The molecule has 0 fully saturated rings. The summed E-state index contributed by atoms with van der Waals surface area (Å²) >= 11 is 12.3. The van der Waals surface area contributed by atoms with E-state index in [4.69, 9.17) is 32.9 Å². The first-order valence-electron chi connectivity index (χ1n) is 10.2. The number of nitrogens with one attached hydrogen (secondary N) is 2. The van der Waals surface area contributed by atoms with Gasteiger partial charge in [-0.2, -0.15) is 0 Å². The van der Waals surface area contributed by atoms with Gasteiger partial charge in [0.1, 0.15) is 17.1 Å². The molecule has 0 spiro atoms. The number of nitrogens with zero attached hydrogens (tertiary/aromatic N) is 2. The second kappa shape index (κ2) is 9.59. The first-order valence-corrected chi connectivity index (χ1v) is 11.0. The molecular formula is C24H22Cl2N4O2. The van der Waals surface area contributed by atoms with Crippen LogP contribution in [0.4, 0.5) is 5.69 Å². The van der Waals surface area contributed by atoms with E-state index in [0.29, 0.717) is 28.0 Å². The van der Waals surface area contributed by atoms with Gasteiger partial charge >= 0.3 is 0 Å². The molecule has 8 heteroatoms. The Morgan fingerprint density at radius 3 is 2.50 bits per heavy atom. The number of carbonyl (C=O) groups excluding carboxylic acids is 1. The molecule has 32 heavy (non-hydrogen) atoms. The van der Waals surface area contributed by atoms with Gasteiger partial charge in [0, 0.05) is 18.3 Å². The highest BCUT2D eigenvalue weighted by atomic mass is 35.5. The monoisotopic (exact) mass is 468 g/mol. The number of hydrogen-bond acceptors (Lipinski definition) is 4. The van der Waals surface area contributed by atoms with Gasteiger partial charge in [-0.15, -0.1) is 0 Å². The quantitative estimate of drug-likeness (QED) is 0.326. The lowest BCUT2D eigenvalue weighted by atomic mass is 9.94. The number of amides is 1. The summed E-state index contributed by atoms with van der Waals surface area (Å²) < 4.78 is 5.51. The maximum Gasteiger partial charge on any atom is 0.257 e. The number of carbonyl (C=O) groups is 1. The fourth-order valence-electron chi connectivity index (χ4n) is 3.75. The number of imidazole rings is 1. The second-order valence-electron chi connectivity index (χ2n) is 7.35. The van der Waals surface area contributed by atoms with E-state index < -0.39 is 0 Å². The lowest BCUT2D eigenvalue weighted by Crippen LogP contribution is -2.13. The largest absolute Gasteiger partial charge is 0.494 e. The number of benzene rings is 2. The van der Waals surface area contributed by atoms with Crippen molar-refractivity contribution in [2.24, 2.45) is 0 Å². The van der Waals surface area contributed by atoms with Crippen molar-refractivity contribution in [1.82, 2.24) is 15.0 Å². The molecule has 6 nitrogen and oxygen atoms in total. The molecule has 4 rings (SSSR count). The first kappa shape index (κ1) is 22.1. The molecule has 0 aliphatic heterocycles. The predicted octanol–water partition coefficient (Wildman–Crippen LogP) is 6.46. The number of rotatable bonds is 7. The lowest BCUT2D eigenvalue weighted by Gasteiger charge is -2.14. The third-order valence-corrected chi connectivity index (χ3v) is 5.87. The molecule has 2 heterocycles. The summed E-state index contributed by atoms with van der Waals surface area (Å²) in [6.45, 7) is 2.14. The van der Waals surface area contributed by atoms with Crippen molar-refractivity contribution in [2.75, 3.05) is 12.4 Å². The van der Waals surface area contributed by atoms with Crippen molar-refractivity contribution in [3.05, 3.63) is 81.9 Å². The summed E-state index contributed by atoms with van der Waals surface area (Å²) in [6.07, 6.45) is 4.75. The zero-order valence-electron chi connectivity index (χ0n) is 17.7. The Kier molecular flexibility index (Phi) is 6.63. The van der Waals surface area contributed by atoms with Crippen LogP contribution in [0.15, 0.2) is 54.9 Å². The first-order chi connectivity index (χ1) is 15.5. The van der Waals surface area contributed by atoms with E-state index in [1.165, 1.54) is 12.4 Å². The molecule has 0 saturated heterocycles. The van der Waals surface area contributed by atoms with Gasteiger partial charge in [0.15, 0.2) is 0 Å². The number of methoxy groups -OCH3 is 1. The summed E-state index contributed by atoms with van der Waals surface area (Å²) in [4.78, 5) is 25.3. The summed E-state index contributed by atoms with van der Waals surface area (Å²) in [6, 6.07) is 13.6. The number of hydrogen-bond donors (Lipinski definition) is 2. The molecule has 4 aromatic rings. The van der Waals surface area contributed by atoms with E-state index in [2.05, 4.69) is 34.3 Å². The Morgan fingerprint density at radius 2 is 1.84 bits per heavy atom. The molecule has 0 saturated carbocycles. The highest BCUT2D eigenvalue weighted by Crippen LogP contribution is 2.34. The van der Waals surface area contributed by atoms with Crippen LogP contribution in [0.25, 0.3) is 11.0 Å². The number of pyridine rings is 1. The molecular weight excluding hydrogens is 447 g/mol. The Balaban J connectivity index is 1.79. The van der Waals surface area contributed by atoms with Crippen LogP contribution in [0.1, 0.15) is 47.4 Å². The van der Waals surface area contributed by atoms with Gasteiger partial charge in [-0.25, -0.2) is 4.98 Å². The molecule has 1 atom stereocenters. The lowest BCUT2D eigenvalue weighted by molar-refractivity contribution is 0.102. The number of H-pyrrole nitrogens is 1. The highest BCUT2D eigenvalue weighted by molar-refractivity contribution is 6.39. The molecule has 0 aliphatic rings. The number of aromatic amines is 1. The van der Waals surface area contributed by atoms with Crippen LogP contribution in [0.3, 0.4) is 0 Å². The fraction of sp³-hybridized carbons (Fsp3) is 0.208. The van der Waals surface area contributed by atoms with Gasteiger partial charge in [-0.1, -0.05) is 66.9 Å². The molecule has 0 aliphatic carbocycles. The van der Waals surface area contributed by atoms with E-state index in [9.17, 15) is 4.79 Å². The van der Waals surface area contributed by atoms with Gasteiger partial charge in [0.25, 0.3) is 5.91 Å². The summed E-state index contributed by atoms with van der Waals surface area (Å²) in [7, 11) is 1.58. The number of halogens is 2. The standard InChI is InChI=1S/C24H22Cl2N4O2/c1-3-7-15(14-8-5-4-6-9-14)23-28-20-16(10-11-19(32-2)22(20)29-23)24(31)30-21-17(25)12-27-13-18(21)26/h4-6,8-13,15H,3,7H2,1-2H3,(H,28,29)(H,27,30,31). The number of fused-ring (bicyclic) bond motifs is 1. The van der Waals surface area contributed by atoms with Crippen LogP contribution >= 0.6 is 23.2 Å². The maximum atomic E-state index is 13.2. The topological polar surface area (TPSA) is 79.9 Å². The zero-order valence-corrected chi connectivity index (χ0v) is 19.2. The second-order valence-corrected chi connectivity index (χ2v) is 8.16. The highest BCUT2D eigenvalue weighted by Gasteiger charge is 2.23. The molecule has 0 radical (unpaired) electrons. The minimum absolute atomic E-state index is 0.0679. The summed E-state index contributed by atoms with van der Waals surface area (Å²) in [5, 5.41) is 3.30. The number of ether oxygens (including phenoxy) is 1. The van der Waals surface area contributed by atoms with E-state index in [1.54, 1.807) is 19.2 Å². The van der Waals surface area contributed by atoms with E-state index in [-0.39, 0.29) is 21.9 Å². The van der Waals surface area contributed by atoms with Crippen molar-refractivity contribution in [3.8, 4) is 5.75 Å². The smallest absolute Gasteiger partial charge is 0.257 e. The van der Waals surface area contributed by atoms with Crippen LogP contribution in [0, 0.1) is 0 Å². The minimum atomic E-state index is -0.366. The molecule has 1 amide bonds. The van der Waals surface area contributed by atoms with Gasteiger partial charge in [-0.05, 0) is 24.1 Å². The van der Waals surface area contributed by atoms with Crippen molar-refractivity contribution >= 4 is 45.8 Å². The van der Waals surface area contributed by atoms with Gasteiger partial charge < -0.3 is 15.0 Å². The van der Waals surface area contributed by atoms with Gasteiger partial charge in [0.05, 0.1) is 33.9 Å².